The molecule has 3 aromatic rings. The van der Waals surface area contributed by atoms with Crippen molar-refractivity contribution in [1.29, 1.82) is 0 Å². The Balaban J connectivity index is 1.89. The smallest absolute Gasteiger partial charge is 0.253 e. The minimum absolute atomic E-state index is 0.0139. The number of carbonyl (C=O) groups excluding carboxylic acids is 2. The number of halogens is 3. The van der Waals surface area contributed by atoms with Crippen LogP contribution in [0.1, 0.15) is 73.5 Å². The standard InChI is InChI=1S/C35H45ClF2N4O5S/c1-4-8-29(9-5-2)48(46,47)22-31(42-34(44)26-12-13-33(36)40-20-26)35(45)41-30(17-25-15-27(37)18-28(38)16-25)32(43)21-39-19-24-11-7-10-23(6-3)14-24/h7,10-16,18,20,29-32,39,43H,4-6,8-9,17,19,21-22H2,1-3H3,(H,41,45)(H,42,44)/t30-,31?,32+/m0/s1. The summed E-state index contributed by atoms with van der Waals surface area (Å²) in [5.74, 6) is -3.98. The third kappa shape index (κ3) is 12.2. The van der Waals surface area contributed by atoms with E-state index in [4.69, 9.17) is 11.6 Å². The van der Waals surface area contributed by atoms with Gasteiger partial charge in [0.25, 0.3) is 5.91 Å². The average Bonchev–Trinajstić information content (AvgIpc) is 3.03. The van der Waals surface area contributed by atoms with Gasteiger partial charge in [0.15, 0.2) is 9.84 Å². The molecule has 0 aliphatic carbocycles. The first-order valence-corrected chi connectivity index (χ1v) is 18.3. The molecular formula is C35H45ClF2N4O5S. The Kier molecular flexibility index (Phi) is 15.4. The normalized spacial score (nSPS) is 13.6. The molecule has 0 saturated carbocycles. The van der Waals surface area contributed by atoms with E-state index in [0.29, 0.717) is 38.3 Å². The summed E-state index contributed by atoms with van der Waals surface area (Å²) in [7, 11) is -3.89. The first-order chi connectivity index (χ1) is 22.8. The van der Waals surface area contributed by atoms with Crippen LogP contribution in [-0.2, 0) is 34.0 Å². The van der Waals surface area contributed by atoms with Crippen molar-refractivity contribution in [2.24, 2.45) is 0 Å². The quantitative estimate of drug-likeness (QED) is 0.130. The SMILES string of the molecule is CCCC(CCC)S(=O)(=O)CC(NC(=O)c1ccc(Cl)nc1)C(=O)N[C@@H](Cc1cc(F)cc(F)c1)[C@H](O)CNCc1cccc(CC)c1. The molecule has 0 radical (unpaired) electrons. The Morgan fingerprint density at radius 2 is 1.58 bits per heavy atom. The first kappa shape index (κ1) is 39.0. The number of rotatable bonds is 19. The highest BCUT2D eigenvalue weighted by Crippen LogP contribution is 2.18. The van der Waals surface area contributed by atoms with Crippen molar-refractivity contribution in [3.05, 3.63) is 99.8 Å². The lowest BCUT2D eigenvalue weighted by atomic mass is 10.00. The summed E-state index contributed by atoms with van der Waals surface area (Å²) >= 11 is 5.85. The number of carbonyl (C=O) groups is 2. The fourth-order valence-corrected chi connectivity index (χ4v) is 7.74. The molecule has 3 atom stereocenters. The van der Waals surface area contributed by atoms with E-state index in [1.807, 2.05) is 45.0 Å². The number of aliphatic hydroxyl groups excluding tert-OH is 1. The van der Waals surface area contributed by atoms with E-state index < -0.39 is 62.5 Å². The Hall–Kier alpha value is -3.45. The number of hydrogen-bond donors (Lipinski definition) is 4. The largest absolute Gasteiger partial charge is 0.390 e. The predicted octanol–water partition coefficient (Wildman–Crippen LogP) is 4.94. The molecule has 262 valence electrons. The lowest BCUT2D eigenvalue weighted by molar-refractivity contribution is -0.124. The number of pyridine rings is 1. The van der Waals surface area contributed by atoms with E-state index in [-0.39, 0.29) is 29.2 Å². The number of aryl methyl sites for hydroxylation is 1. The zero-order valence-electron chi connectivity index (χ0n) is 27.5. The molecule has 13 heteroatoms. The summed E-state index contributed by atoms with van der Waals surface area (Å²) in [4.78, 5) is 30.9. The molecule has 48 heavy (non-hydrogen) atoms. The second kappa shape index (κ2) is 18.9. The van der Waals surface area contributed by atoms with Gasteiger partial charge in [0.1, 0.15) is 22.8 Å². The molecule has 0 bridgehead atoms. The van der Waals surface area contributed by atoms with Gasteiger partial charge in [-0.1, -0.05) is 69.5 Å². The fraction of sp³-hybridized carbons (Fsp3) is 0.457. The highest BCUT2D eigenvalue weighted by atomic mass is 35.5. The molecule has 0 aliphatic rings. The van der Waals surface area contributed by atoms with Crippen molar-refractivity contribution < 1.29 is 31.9 Å². The lowest BCUT2D eigenvalue weighted by Gasteiger charge is -2.28. The zero-order valence-corrected chi connectivity index (χ0v) is 29.1. The van der Waals surface area contributed by atoms with E-state index >= 15 is 0 Å². The van der Waals surface area contributed by atoms with Gasteiger partial charge in [-0.2, -0.15) is 0 Å². The van der Waals surface area contributed by atoms with Gasteiger partial charge in [-0.25, -0.2) is 22.2 Å². The Bertz CT molecular complexity index is 1580. The van der Waals surface area contributed by atoms with Crippen LogP contribution < -0.4 is 16.0 Å². The molecule has 3 rings (SSSR count). The fourth-order valence-electron chi connectivity index (χ4n) is 5.47. The maximum absolute atomic E-state index is 14.1. The van der Waals surface area contributed by atoms with Crippen LogP contribution in [0.3, 0.4) is 0 Å². The van der Waals surface area contributed by atoms with Crippen LogP contribution >= 0.6 is 11.6 Å². The van der Waals surface area contributed by atoms with E-state index in [1.165, 1.54) is 18.3 Å². The van der Waals surface area contributed by atoms with E-state index in [1.54, 1.807) is 0 Å². The van der Waals surface area contributed by atoms with E-state index in [9.17, 15) is 31.9 Å². The molecule has 9 nitrogen and oxygen atoms in total. The molecule has 0 aliphatic heterocycles. The number of sulfone groups is 1. The molecule has 2 aromatic carbocycles. The van der Waals surface area contributed by atoms with Crippen LogP contribution in [0, 0.1) is 11.6 Å². The van der Waals surface area contributed by atoms with Gasteiger partial charge in [-0.3, -0.25) is 9.59 Å². The molecule has 4 N–H and O–H groups in total. The highest BCUT2D eigenvalue weighted by molar-refractivity contribution is 7.92. The second-order valence-electron chi connectivity index (χ2n) is 11.9. The molecular weight excluding hydrogens is 662 g/mol. The third-order valence-corrected chi connectivity index (χ3v) is 10.5. The van der Waals surface area contributed by atoms with Crippen molar-refractivity contribution in [2.75, 3.05) is 12.3 Å². The number of amides is 2. The van der Waals surface area contributed by atoms with Crippen molar-refractivity contribution in [3.8, 4) is 0 Å². The van der Waals surface area contributed by atoms with Gasteiger partial charge in [0, 0.05) is 25.4 Å². The molecule has 1 heterocycles. The topological polar surface area (TPSA) is 137 Å². The maximum atomic E-state index is 14.1. The van der Waals surface area contributed by atoms with E-state index in [0.717, 1.165) is 29.7 Å². The number of hydrogen-bond acceptors (Lipinski definition) is 7. The van der Waals surface area contributed by atoms with Gasteiger partial charge < -0.3 is 21.1 Å². The third-order valence-electron chi connectivity index (χ3n) is 7.99. The van der Waals surface area contributed by atoms with Crippen molar-refractivity contribution in [2.45, 2.75) is 89.3 Å². The summed E-state index contributed by atoms with van der Waals surface area (Å²) < 4.78 is 55.4. The van der Waals surface area contributed by atoms with Gasteiger partial charge in [0.2, 0.25) is 5.91 Å². The van der Waals surface area contributed by atoms with Gasteiger partial charge >= 0.3 is 0 Å². The van der Waals surface area contributed by atoms with Crippen molar-refractivity contribution in [1.82, 2.24) is 20.9 Å². The summed E-state index contributed by atoms with van der Waals surface area (Å²) in [6, 6.07) is 10.9. The Morgan fingerprint density at radius 3 is 2.19 bits per heavy atom. The first-order valence-electron chi connectivity index (χ1n) is 16.2. The van der Waals surface area contributed by atoms with Crippen molar-refractivity contribution in [3.63, 3.8) is 0 Å². The summed E-state index contributed by atoms with van der Waals surface area (Å²) in [6.45, 7) is 6.17. The number of benzene rings is 2. The maximum Gasteiger partial charge on any atom is 0.253 e. The number of nitrogens with zero attached hydrogens (tertiary/aromatic N) is 1. The van der Waals surface area contributed by atoms with Crippen molar-refractivity contribution >= 4 is 33.3 Å². The van der Waals surface area contributed by atoms with Crippen LogP contribution in [0.5, 0.6) is 0 Å². The average molecular weight is 707 g/mol. The van der Waals surface area contributed by atoms with Gasteiger partial charge in [0.05, 0.1) is 28.7 Å². The van der Waals surface area contributed by atoms with Crippen LogP contribution in [0.4, 0.5) is 8.78 Å². The molecule has 2 amide bonds. The minimum Gasteiger partial charge on any atom is -0.390 e. The van der Waals surface area contributed by atoms with E-state index in [2.05, 4.69) is 20.9 Å². The second-order valence-corrected chi connectivity index (χ2v) is 14.6. The van der Waals surface area contributed by atoms with Crippen LogP contribution in [0.25, 0.3) is 0 Å². The number of aromatic nitrogens is 1. The molecule has 0 fully saturated rings. The molecule has 0 saturated heterocycles. The minimum atomic E-state index is -3.89. The van der Waals surface area contributed by atoms with Gasteiger partial charge in [-0.15, -0.1) is 0 Å². The summed E-state index contributed by atoms with van der Waals surface area (Å²) in [5.41, 5.74) is 2.34. The zero-order chi connectivity index (χ0) is 35.3. The molecule has 0 spiro atoms. The molecule has 1 aromatic heterocycles. The Labute approximate surface area is 286 Å². The summed E-state index contributed by atoms with van der Waals surface area (Å²) in [6.07, 6.45) is 2.60. The highest BCUT2D eigenvalue weighted by Gasteiger charge is 2.34. The monoisotopic (exact) mass is 706 g/mol. The van der Waals surface area contributed by atoms with Gasteiger partial charge in [-0.05, 0) is 66.6 Å². The number of aliphatic hydroxyl groups is 1. The molecule has 1 unspecified atom stereocenters. The number of nitrogens with one attached hydrogen (secondary N) is 3. The Morgan fingerprint density at radius 1 is 0.917 bits per heavy atom. The predicted molar refractivity (Wildman–Crippen MR) is 183 cm³/mol. The lowest BCUT2D eigenvalue weighted by Crippen LogP contribution is -2.57. The summed E-state index contributed by atoms with van der Waals surface area (Å²) in [5, 5.41) is 19.0. The van der Waals surface area contributed by atoms with Crippen LogP contribution in [0.2, 0.25) is 5.15 Å². The van der Waals surface area contributed by atoms with Crippen LogP contribution in [-0.4, -0.2) is 66.1 Å². The van der Waals surface area contributed by atoms with Crippen LogP contribution in [0.15, 0.2) is 60.8 Å².